The summed E-state index contributed by atoms with van der Waals surface area (Å²) in [6, 6.07) is 5.36. The van der Waals surface area contributed by atoms with Crippen molar-refractivity contribution in [1.82, 2.24) is 4.90 Å². The van der Waals surface area contributed by atoms with Gasteiger partial charge >= 0.3 is 5.97 Å². The molecule has 1 amide bonds. The van der Waals surface area contributed by atoms with E-state index in [2.05, 4.69) is 0 Å². The van der Waals surface area contributed by atoms with Gasteiger partial charge in [-0.1, -0.05) is 6.07 Å². The van der Waals surface area contributed by atoms with Crippen LogP contribution in [-0.4, -0.2) is 49.7 Å². The summed E-state index contributed by atoms with van der Waals surface area (Å²) in [5.74, 6) is 0.754. The maximum atomic E-state index is 12.5. The molecule has 1 aliphatic heterocycles. The van der Waals surface area contributed by atoms with Gasteiger partial charge in [0.2, 0.25) is 5.91 Å². The number of rotatable bonds is 6. The van der Waals surface area contributed by atoms with Crippen LogP contribution < -0.4 is 9.47 Å². The van der Waals surface area contributed by atoms with Crippen molar-refractivity contribution in [3.05, 3.63) is 23.8 Å². The minimum Gasteiger partial charge on any atom is -0.493 e. The second kappa shape index (κ2) is 6.89. The number of methoxy groups -OCH3 is 2. The van der Waals surface area contributed by atoms with Crippen LogP contribution in [0.3, 0.4) is 0 Å². The molecule has 1 aromatic rings. The molecule has 0 spiro atoms. The van der Waals surface area contributed by atoms with Gasteiger partial charge in [-0.3, -0.25) is 4.79 Å². The standard InChI is InChI=1S/C17H23NO5/c1-5-23-16(20)17(2)8-9-18(17)15(19)11-12-6-7-13(21-3)14(10-12)22-4/h6-7,10H,5,8-9,11H2,1-4H3. The third-order valence-electron chi connectivity index (χ3n) is 4.24. The Balaban J connectivity index is 2.09. The van der Waals surface area contributed by atoms with E-state index in [0.717, 1.165) is 5.56 Å². The van der Waals surface area contributed by atoms with Crippen LogP contribution in [0.5, 0.6) is 11.5 Å². The van der Waals surface area contributed by atoms with Crippen LogP contribution in [0.15, 0.2) is 18.2 Å². The second-order valence-corrected chi connectivity index (χ2v) is 5.66. The third kappa shape index (κ3) is 3.25. The molecule has 1 aromatic carbocycles. The Bertz CT molecular complexity index is 601. The molecule has 0 aromatic heterocycles. The predicted octanol–water partition coefficient (Wildman–Crippen LogP) is 1.80. The number of esters is 1. The number of ether oxygens (including phenoxy) is 3. The average Bonchev–Trinajstić information content (AvgIpc) is 2.52. The van der Waals surface area contributed by atoms with Gasteiger partial charge in [-0.15, -0.1) is 0 Å². The van der Waals surface area contributed by atoms with E-state index in [4.69, 9.17) is 14.2 Å². The number of carbonyl (C=O) groups is 2. The lowest BCUT2D eigenvalue weighted by Crippen LogP contribution is -2.65. The molecule has 1 saturated heterocycles. The number of likely N-dealkylation sites (tertiary alicyclic amines) is 1. The molecule has 6 nitrogen and oxygen atoms in total. The Morgan fingerprint density at radius 1 is 1.22 bits per heavy atom. The molecular weight excluding hydrogens is 298 g/mol. The van der Waals surface area contributed by atoms with Crippen molar-refractivity contribution in [3.8, 4) is 11.5 Å². The highest BCUT2D eigenvalue weighted by Gasteiger charge is 2.50. The first kappa shape index (κ1) is 17.1. The lowest BCUT2D eigenvalue weighted by atomic mass is 9.86. The highest BCUT2D eigenvalue weighted by molar-refractivity contribution is 5.90. The van der Waals surface area contributed by atoms with Gasteiger partial charge in [-0.05, 0) is 38.0 Å². The fraction of sp³-hybridized carbons (Fsp3) is 0.529. The summed E-state index contributed by atoms with van der Waals surface area (Å²) in [7, 11) is 3.12. The minimum atomic E-state index is -0.844. The van der Waals surface area contributed by atoms with Crippen LogP contribution >= 0.6 is 0 Å². The molecule has 126 valence electrons. The fourth-order valence-corrected chi connectivity index (χ4v) is 2.72. The molecule has 0 radical (unpaired) electrons. The predicted molar refractivity (Wildman–Crippen MR) is 84.6 cm³/mol. The van der Waals surface area contributed by atoms with Crippen LogP contribution in [0.2, 0.25) is 0 Å². The van der Waals surface area contributed by atoms with Crippen molar-refractivity contribution in [2.24, 2.45) is 0 Å². The molecule has 1 unspecified atom stereocenters. The summed E-state index contributed by atoms with van der Waals surface area (Å²) in [5, 5.41) is 0. The van der Waals surface area contributed by atoms with E-state index in [9.17, 15) is 9.59 Å². The van der Waals surface area contributed by atoms with E-state index < -0.39 is 5.54 Å². The van der Waals surface area contributed by atoms with E-state index in [1.807, 2.05) is 6.07 Å². The lowest BCUT2D eigenvalue weighted by Gasteiger charge is -2.48. The highest BCUT2D eigenvalue weighted by Crippen LogP contribution is 2.33. The molecule has 1 atom stereocenters. The zero-order chi connectivity index (χ0) is 17.0. The van der Waals surface area contributed by atoms with Gasteiger partial charge in [-0.25, -0.2) is 4.79 Å². The van der Waals surface area contributed by atoms with E-state index in [0.29, 0.717) is 31.1 Å². The van der Waals surface area contributed by atoms with Gasteiger partial charge in [0.15, 0.2) is 11.5 Å². The van der Waals surface area contributed by atoms with E-state index >= 15 is 0 Å². The Morgan fingerprint density at radius 2 is 1.91 bits per heavy atom. The summed E-state index contributed by atoms with van der Waals surface area (Å²) in [4.78, 5) is 26.1. The smallest absolute Gasteiger partial charge is 0.331 e. The topological polar surface area (TPSA) is 65.1 Å². The maximum Gasteiger partial charge on any atom is 0.331 e. The average molecular weight is 321 g/mol. The van der Waals surface area contributed by atoms with Crippen LogP contribution in [0.25, 0.3) is 0 Å². The van der Waals surface area contributed by atoms with Crippen molar-refractivity contribution < 1.29 is 23.8 Å². The molecule has 1 heterocycles. The largest absolute Gasteiger partial charge is 0.493 e. The van der Waals surface area contributed by atoms with Crippen molar-refractivity contribution >= 4 is 11.9 Å². The molecule has 0 saturated carbocycles. The van der Waals surface area contributed by atoms with E-state index in [1.54, 1.807) is 45.1 Å². The SMILES string of the molecule is CCOC(=O)C1(C)CCN1C(=O)Cc1ccc(OC)c(OC)c1. The number of amides is 1. The number of hydrogen-bond donors (Lipinski definition) is 0. The van der Waals surface area contributed by atoms with Crippen LogP contribution in [-0.2, 0) is 20.7 Å². The fourth-order valence-electron chi connectivity index (χ4n) is 2.72. The summed E-state index contributed by atoms with van der Waals surface area (Å²) >= 11 is 0. The van der Waals surface area contributed by atoms with Gasteiger partial charge in [0, 0.05) is 6.54 Å². The van der Waals surface area contributed by atoms with Crippen LogP contribution in [0.1, 0.15) is 25.8 Å². The first-order chi connectivity index (χ1) is 11.0. The Hall–Kier alpha value is -2.24. The number of benzene rings is 1. The van der Waals surface area contributed by atoms with Gasteiger partial charge in [0.1, 0.15) is 5.54 Å². The quantitative estimate of drug-likeness (QED) is 0.748. The van der Waals surface area contributed by atoms with Crippen LogP contribution in [0.4, 0.5) is 0 Å². The molecular formula is C17H23NO5. The molecule has 6 heteroatoms. The summed E-state index contributed by atoms with van der Waals surface area (Å²) in [6.45, 7) is 4.39. The summed E-state index contributed by atoms with van der Waals surface area (Å²) in [6.07, 6.45) is 0.832. The van der Waals surface area contributed by atoms with Crippen molar-refractivity contribution in [2.45, 2.75) is 32.2 Å². The van der Waals surface area contributed by atoms with Crippen molar-refractivity contribution in [2.75, 3.05) is 27.4 Å². The third-order valence-corrected chi connectivity index (χ3v) is 4.24. The van der Waals surface area contributed by atoms with E-state index in [1.165, 1.54) is 0 Å². The van der Waals surface area contributed by atoms with E-state index in [-0.39, 0.29) is 18.3 Å². The van der Waals surface area contributed by atoms with Crippen LogP contribution in [0, 0.1) is 0 Å². The lowest BCUT2D eigenvalue weighted by molar-refractivity contribution is -0.173. The Morgan fingerprint density at radius 3 is 2.43 bits per heavy atom. The zero-order valence-electron chi connectivity index (χ0n) is 14.0. The zero-order valence-corrected chi connectivity index (χ0v) is 14.0. The maximum absolute atomic E-state index is 12.5. The molecule has 1 fully saturated rings. The van der Waals surface area contributed by atoms with Crippen molar-refractivity contribution in [3.63, 3.8) is 0 Å². The number of nitrogens with zero attached hydrogens (tertiary/aromatic N) is 1. The molecule has 0 bridgehead atoms. The van der Waals surface area contributed by atoms with Gasteiger partial charge in [0.05, 0.1) is 27.2 Å². The molecule has 0 N–H and O–H groups in total. The molecule has 2 rings (SSSR count). The molecule has 1 aliphatic rings. The van der Waals surface area contributed by atoms with Gasteiger partial charge in [-0.2, -0.15) is 0 Å². The summed E-state index contributed by atoms with van der Waals surface area (Å²) < 4.78 is 15.5. The highest BCUT2D eigenvalue weighted by atomic mass is 16.5. The second-order valence-electron chi connectivity index (χ2n) is 5.66. The molecule has 0 aliphatic carbocycles. The van der Waals surface area contributed by atoms with Gasteiger partial charge in [0.25, 0.3) is 0 Å². The molecule has 23 heavy (non-hydrogen) atoms. The summed E-state index contributed by atoms with van der Waals surface area (Å²) in [5.41, 5.74) is -0.0327. The number of carbonyl (C=O) groups excluding carboxylic acids is 2. The first-order valence-corrected chi connectivity index (χ1v) is 7.65. The Kier molecular flexibility index (Phi) is 5.13. The van der Waals surface area contributed by atoms with Crippen molar-refractivity contribution in [1.29, 1.82) is 0 Å². The minimum absolute atomic E-state index is 0.0981. The normalized spacial score (nSPS) is 19.7. The Labute approximate surface area is 136 Å². The van der Waals surface area contributed by atoms with Gasteiger partial charge < -0.3 is 19.1 Å². The monoisotopic (exact) mass is 321 g/mol. The first-order valence-electron chi connectivity index (χ1n) is 7.65. The number of hydrogen-bond acceptors (Lipinski definition) is 5.